The molecule has 2 aromatic rings. The van der Waals surface area contributed by atoms with Gasteiger partial charge in [0.1, 0.15) is 5.82 Å². The fourth-order valence-corrected chi connectivity index (χ4v) is 2.49. The van der Waals surface area contributed by atoms with Gasteiger partial charge in [-0.25, -0.2) is 13.8 Å². The highest BCUT2D eigenvalue weighted by Gasteiger charge is 2.14. The van der Waals surface area contributed by atoms with E-state index in [4.69, 9.17) is 5.11 Å². The van der Waals surface area contributed by atoms with Crippen LogP contribution < -0.4 is 0 Å². The molecular formula is C16H20F2N2O2. The van der Waals surface area contributed by atoms with Gasteiger partial charge in [0.25, 0.3) is 0 Å². The fourth-order valence-electron chi connectivity index (χ4n) is 2.49. The van der Waals surface area contributed by atoms with E-state index in [1.165, 1.54) is 6.07 Å². The second kappa shape index (κ2) is 7.33. The van der Waals surface area contributed by atoms with Gasteiger partial charge in [0.05, 0.1) is 11.0 Å². The Morgan fingerprint density at radius 2 is 1.95 bits per heavy atom. The number of hydrogen-bond acceptors (Lipinski definition) is 2. The maximum absolute atomic E-state index is 13.5. The molecular weight excluding hydrogens is 290 g/mol. The van der Waals surface area contributed by atoms with Crippen molar-refractivity contribution >= 4 is 17.0 Å². The zero-order valence-electron chi connectivity index (χ0n) is 12.6. The summed E-state index contributed by atoms with van der Waals surface area (Å²) in [5, 5.41) is 8.67. The summed E-state index contributed by atoms with van der Waals surface area (Å²) in [5.74, 6) is -1.81. The summed E-state index contributed by atoms with van der Waals surface area (Å²) in [7, 11) is 0. The minimum absolute atomic E-state index is 0.111. The van der Waals surface area contributed by atoms with Crippen LogP contribution in [0.3, 0.4) is 0 Å². The Morgan fingerprint density at radius 3 is 2.64 bits per heavy atom. The minimum atomic E-state index is -0.898. The summed E-state index contributed by atoms with van der Waals surface area (Å²) in [6.07, 6.45) is 4.02. The van der Waals surface area contributed by atoms with Gasteiger partial charge in [-0.2, -0.15) is 0 Å². The molecule has 0 saturated carbocycles. The molecule has 120 valence electrons. The second-order valence-corrected chi connectivity index (χ2v) is 5.39. The lowest BCUT2D eigenvalue weighted by atomic mass is 10.2. The number of carbonyl (C=O) groups is 1. The zero-order valence-corrected chi connectivity index (χ0v) is 12.6. The molecule has 0 spiro atoms. The number of aryl methyl sites for hydroxylation is 2. The van der Waals surface area contributed by atoms with Crippen LogP contribution in [0.1, 0.15) is 44.9 Å². The predicted octanol–water partition coefficient (Wildman–Crippen LogP) is 3.91. The Hall–Kier alpha value is -1.98. The molecule has 0 saturated heterocycles. The molecule has 1 aromatic carbocycles. The largest absolute Gasteiger partial charge is 0.481 e. The highest BCUT2D eigenvalue weighted by atomic mass is 19.2. The van der Waals surface area contributed by atoms with Crippen LogP contribution in [0.15, 0.2) is 12.1 Å². The lowest BCUT2D eigenvalue weighted by Gasteiger charge is -2.08. The van der Waals surface area contributed by atoms with Gasteiger partial charge in [0, 0.05) is 31.5 Å². The zero-order chi connectivity index (χ0) is 16.1. The van der Waals surface area contributed by atoms with Crippen molar-refractivity contribution in [3.05, 3.63) is 29.6 Å². The van der Waals surface area contributed by atoms with Crippen molar-refractivity contribution in [2.24, 2.45) is 0 Å². The van der Waals surface area contributed by atoms with Crippen molar-refractivity contribution in [1.82, 2.24) is 9.55 Å². The van der Waals surface area contributed by atoms with Crippen LogP contribution in [-0.4, -0.2) is 20.6 Å². The van der Waals surface area contributed by atoms with Crippen molar-refractivity contribution in [2.45, 2.75) is 52.0 Å². The number of halogens is 2. The van der Waals surface area contributed by atoms with Crippen LogP contribution in [0.5, 0.6) is 0 Å². The molecule has 0 bridgehead atoms. The number of hydrogen-bond donors (Lipinski definition) is 1. The lowest BCUT2D eigenvalue weighted by molar-refractivity contribution is -0.137. The molecule has 22 heavy (non-hydrogen) atoms. The van der Waals surface area contributed by atoms with Gasteiger partial charge in [-0.1, -0.05) is 13.3 Å². The number of aromatic nitrogens is 2. The van der Waals surface area contributed by atoms with Gasteiger partial charge >= 0.3 is 5.97 Å². The molecule has 2 rings (SSSR count). The van der Waals surface area contributed by atoms with E-state index in [0.29, 0.717) is 30.4 Å². The molecule has 0 fully saturated rings. The number of rotatable bonds is 8. The third-order valence-corrected chi connectivity index (χ3v) is 3.65. The first kappa shape index (κ1) is 16.4. The van der Waals surface area contributed by atoms with E-state index in [1.54, 1.807) is 0 Å². The van der Waals surface area contributed by atoms with Crippen molar-refractivity contribution < 1.29 is 18.7 Å². The topological polar surface area (TPSA) is 55.1 Å². The summed E-state index contributed by atoms with van der Waals surface area (Å²) in [4.78, 5) is 15.0. The van der Waals surface area contributed by atoms with E-state index in [1.807, 2.05) is 4.57 Å². The number of carboxylic acids is 1. The van der Waals surface area contributed by atoms with Gasteiger partial charge in [-0.15, -0.1) is 0 Å². The average Bonchev–Trinajstić information content (AvgIpc) is 2.79. The maximum Gasteiger partial charge on any atom is 0.303 e. The van der Waals surface area contributed by atoms with Crippen LogP contribution in [-0.2, 0) is 17.8 Å². The molecule has 4 nitrogen and oxygen atoms in total. The number of aliphatic carboxylic acids is 1. The van der Waals surface area contributed by atoms with Gasteiger partial charge in [0.2, 0.25) is 0 Å². The average molecular weight is 310 g/mol. The third-order valence-electron chi connectivity index (χ3n) is 3.65. The van der Waals surface area contributed by atoms with Gasteiger partial charge in [0.15, 0.2) is 11.6 Å². The highest BCUT2D eigenvalue weighted by Crippen LogP contribution is 2.22. The minimum Gasteiger partial charge on any atom is -0.481 e. The molecule has 1 aromatic heterocycles. The van der Waals surface area contributed by atoms with Crippen LogP contribution in [0.25, 0.3) is 11.0 Å². The molecule has 0 radical (unpaired) electrons. The third kappa shape index (κ3) is 3.81. The Kier molecular flexibility index (Phi) is 5.46. The molecule has 0 aliphatic rings. The van der Waals surface area contributed by atoms with Gasteiger partial charge < -0.3 is 9.67 Å². The molecule has 6 heteroatoms. The summed E-state index contributed by atoms with van der Waals surface area (Å²) < 4.78 is 28.7. The van der Waals surface area contributed by atoms with Crippen LogP contribution in [0.4, 0.5) is 8.78 Å². The molecule has 1 N–H and O–H groups in total. The number of unbranched alkanes of at least 4 members (excludes halogenated alkanes) is 2. The Balaban J connectivity index is 2.26. The molecule has 0 aliphatic carbocycles. The van der Waals surface area contributed by atoms with Crippen LogP contribution in [0.2, 0.25) is 0 Å². The smallest absolute Gasteiger partial charge is 0.303 e. The molecule has 0 unspecified atom stereocenters. The first-order valence-corrected chi connectivity index (χ1v) is 7.59. The highest BCUT2D eigenvalue weighted by molar-refractivity contribution is 5.76. The predicted molar refractivity (Wildman–Crippen MR) is 79.7 cm³/mol. The fraction of sp³-hybridized carbons (Fsp3) is 0.500. The summed E-state index contributed by atoms with van der Waals surface area (Å²) in [5.41, 5.74) is 1.02. The Labute approximate surface area is 127 Å². The normalized spacial score (nSPS) is 11.2. The monoisotopic (exact) mass is 310 g/mol. The number of nitrogens with zero attached hydrogens (tertiary/aromatic N) is 2. The van der Waals surface area contributed by atoms with E-state index in [0.717, 1.165) is 31.2 Å². The number of imidazole rings is 1. The van der Waals surface area contributed by atoms with Crippen LogP contribution >= 0.6 is 0 Å². The SMILES string of the molecule is CCCCc1nc2cc(F)c(F)cc2n1CCCCC(=O)O. The Morgan fingerprint density at radius 1 is 1.23 bits per heavy atom. The number of benzene rings is 1. The first-order chi connectivity index (χ1) is 10.5. The summed E-state index contributed by atoms with van der Waals surface area (Å²) >= 11 is 0. The van der Waals surface area contributed by atoms with Crippen molar-refractivity contribution in [3.63, 3.8) is 0 Å². The van der Waals surface area contributed by atoms with Gasteiger partial charge in [-0.3, -0.25) is 4.79 Å². The number of carboxylic acid groups (broad SMARTS) is 1. The van der Waals surface area contributed by atoms with E-state index in [2.05, 4.69) is 11.9 Å². The molecule has 0 aliphatic heterocycles. The lowest BCUT2D eigenvalue weighted by Crippen LogP contribution is -2.05. The second-order valence-electron chi connectivity index (χ2n) is 5.39. The van der Waals surface area contributed by atoms with E-state index in [9.17, 15) is 13.6 Å². The Bertz CT molecular complexity index is 668. The van der Waals surface area contributed by atoms with Crippen molar-refractivity contribution in [1.29, 1.82) is 0 Å². The van der Waals surface area contributed by atoms with E-state index in [-0.39, 0.29) is 6.42 Å². The molecule has 0 amide bonds. The van der Waals surface area contributed by atoms with Crippen molar-refractivity contribution in [2.75, 3.05) is 0 Å². The quantitative estimate of drug-likeness (QED) is 0.752. The first-order valence-electron chi connectivity index (χ1n) is 7.59. The van der Waals surface area contributed by atoms with Gasteiger partial charge in [-0.05, 0) is 19.3 Å². The van der Waals surface area contributed by atoms with E-state index < -0.39 is 17.6 Å². The molecule has 0 atom stereocenters. The van der Waals surface area contributed by atoms with Crippen molar-refractivity contribution in [3.8, 4) is 0 Å². The van der Waals surface area contributed by atoms with E-state index >= 15 is 0 Å². The van der Waals surface area contributed by atoms with Crippen LogP contribution in [0, 0.1) is 11.6 Å². The maximum atomic E-state index is 13.5. The number of fused-ring (bicyclic) bond motifs is 1. The summed E-state index contributed by atoms with van der Waals surface area (Å²) in [6, 6.07) is 2.29. The summed E-state index contributed by atoms with van der Waals surface area (Å²) in [6.45, 7) is 2.63. The standard InChI is InChI=1S/C16H20F2N2O2/c1-2-3-6-15-19-13-9-11(17)12(18)10-14(13)20(15)8-5-4-7-16(21)22/h9-10H,2-8H2,1H3,(H,21,22). The molecule has 1 heterocycles.